The van der Waals surface area contributed by atoms with Gasteiger partial charge in [-0.1, -0.05) is 0 Å². The summed E-state index contributed by atoms with van der Waals surface area (Å²) in [7, 11) is 2.09. The number of cyclic esters (lactones) is 1. The predicted molar refractivity (Wildman–Crippen MR) is 133 cm³/mol. The number of piperidine rings is 1. The van der Waals surface area contributed by atoms with E-state index in [4.69, 9.17) is 4.74 Å². The summed E-state index contributed by atoms with van der Waals surface area (Å²) in [5.74, 6) is -0.297. The van der Waals surface area contributed by atoms with Crippen LogP contribution >= 0.6 is 0 Å². The summed E-state index contributed by atoms with van der Waals surface area (Å²) in [4.78, 5) is 23.7. The van der Waals surface area contributed by atoms with Crippen molar-refractivity contribution in [2.24, 2.45) is 0 Å². The van der Waals surface area contributed by atoms with Gasteiger partial charge in [-0.15, -0.1) is 0 Å². The van der Waals surface area contributed by atoms with E-state index in [0.29, 0.717) is 17.8 Å². The van der Waals surface area contributed by atoms with Gasteiger partial charge < -0.3 is 20.3 Å². The Morgan fingerprint density at radius 1 is 1.24 bits per heavy atom. The molecule has 0 saturated carbocycles. The number of hydrogen-bond donors (Lipinski definition) is 2. The fourth-order valence-corrected chi connectivity index (χ4v) is 4.23. The van der Waals surface area contributed by atoms with E-state index in [1.807, 2.05) is 17.8 Å². The van der Waals surface area contributed by atoms with Gasteiger partial charge in [-0.25, -0.2) is 9.78 Å². The van der Waals surface area contributed by atoms with Gasteiger partial charge in [0.2, 0.25) is 5.95 Å². The molecule has 2 aliphatic rings. The van der Waals surface area contributed by atoms with Crippen LogP contribution in [0.25, 0.3) is 0 Å². The molecule has 37 heavy (non-hydrogen) atoms. The number of ether oxygens (including phenoxy) is 1. The first-order valence-electron chi connectivity index (χ1n) is 12.3. The molecular weight excluding hydrogens is 489 g/mol. The smallest absolute Gasteiger partial charge is 0.421 e. The first-order chi connectivity index (χ1) is 17.4. The first kappa shape index (κ1) is 26.7. The third-order valence-corrected chi connectivity index (χ3v) is 6.43. The number of nitrogens with zero attached hydrogens (tertiary/aromatic N) is 6. The van der Waals surface area contributed by atoms with Crippen molar-refractivity contribution in [3.8, 4) is 0 Å². The van der Waals surface area contributed by atoms with Crippen LogP contribution in [0.1, 0.15) is 50.4 Å². The van der Waals surface area contributed by atoms with Crippen molar-refractivity contribution >= 4 is 23.5 Å². The molecule has 0 bridgehead atoms. The summed E-state index contributed by atoms with van der Waals surface area (Å²) in [5, 5.41) is 10.4. The second kappa shape index (κ2) is 10.6. The van der Waals surface area contributed by atoms with Crippen LogP contribution in [0.5, 0.6) is 0 Å². The molecule has 0 atom stereocenters. The highest BCUT2D eigenvalue weighted by Crippen LogP contribution is 2.34. The van der Waals surface area contributed by atoms with Gasteiger partial charge in [-0.3, -0.25) is 9.58 Å². The van der Waals surface area contributed by atoms with Gasteiger partial charge in [0.1, 0.15) is 17.0 Å². The van der Waals surface area contributed by atoms with E-state index >= 15 is 0 Å². The van der Waals surface area contributed by atoms with Crippen LogP contribution in [-0.2, 0) is 10.9 Å². The molecule has 1 amide bonds. The molecular formula is C24H33F3N8O2. The van der Waals surface area contributed by atoms with Crippen LogP contribution in [-0.4, -0.2) is 74.5 Å². The van der Waals surface area contributed by atoms with Crippen molar-refractivity contribution in [2.45, 2.75) is 57.9 Å². The van der Waals surface area contributed by atoms with Crippen molar-refractivity contribution < 1.29 is 22.7 Å². The molecule has 2 aromatic heterocycles. The van der Waals surface area contributed by atoms with Crippen molar-refractivity contribution in [3.05, 3.63) is 35.9 Å². The quantitative estimate of drug-likeness (QED) is 0.487. The molecule has 4 heterocycles. The minimum atomic E-state index is -4.62. The lowest BCUT2D eigenvalue weighted by atomic mass is 10.1. The maximum absolute atomic E-state index is 13.6. The number of nitrogens with one attached hydrogen (secondary N) is 2. The number of rotatable bonds is 8. The number of carbonyl (C=O) groups is 1. The molecule has 1 fully saturated rings. The van der Waals surface area contributed by atoms with E-state index in [1.54, 1.807) is 26.1 Å². The Kier molecular flexibility index (Phi) is 7.62. The number of anilines is 3. The van der Waals surface area contributed by atoms with E-state index in [2.05, 4.69) is 37.6 Å². The third-order valence-electron chi connectivity index (χ3n) is 6.43. The zero-order chi connectivity index (χ0) is 26.8. The summed E-state index contributed by atoms with van der Waals surface area (Å²) >= 11 is 0. The van der Waals surface area contributed by atoms with Gasteiger partial charge in [-0.2, -0.15) is 23.3 Å². The van der Waals surface area contributed by atoms with Crippen LogP contribution in [0.4, 0.5) is 35.4 Å². The Morgan fingerprint density at radius 3 is 2.65 bits per heavy atom. The minimum Gasteiger partial charge on any atom is -0.439 e. The highest BCUT2D eigenvalue weighted by Gasteiger charge is 2.35. The largest absolute Gasteiger partial charge is 0.439 e. The average Bonchev–Trinajstić information content (AvgIpc) is 3.17. The maximum atomic E-state index is 13.6. The third kappa shape index (κ3) is 6.70. The Balaban J connectivity index is 1.42. The predicted octanol–water partition coefficient (Wildman–Crippen LogP) is 4.56. The SMILES string of the molecule is Cc1nn(C2CCN(C)CC2)cc1Nc1ncc(C(F)(F)F)c(NCCCN2C=CC(C)(C)OC2=O)n1. The summed E-state index contributed by atoms with van der Waals surface area (Å²) in [6, 6.07) is 0.273. The van der Waals surface area contributed by atoms with Gasteiger partial charge in [-0.05, 0) is 66.2 Å². The monoisotopic (exact) mass is 522 g/mol. The fraction of sp³-hybridized carbons (Fsp3) is 0.583. The van der Waals surface area contributed by atoms with Crippen LogP contribution in [0.3, 0.4) is 0 Å². The molecule has 13 heteroatoms. The number of aromatic nitrogens is 4. The molecule has 0 aliphatic carbocycles. The van der Waals surface area contributed by atoms with Crippen LogP contribution in [0, 0.1) is 6.92 Å². The van der Waals surface area contributed by atoms with Gasteiger partial charge in [0.25, 0.3) is 0 Å². The standard InChI is InChI=1S/C24H33F3N8O2/c1-16-19(15-35(32-16)17-6-11-33(4)12-7-17)30-21-29-14-18(24(25,26)27)20(31-21)28-9-5-10-34-13-8-23(2,3)37-22(34)36/h8,13-15,17H,5-7,9-12H2,1-4H3,(H2,28,29,30,31). The highest BCUT2D eigenvalue weighted by atomic mass is 19.4. The molecule has 0 aromatic carbocycles. The molecule has 0 spiro atoms. The minimum absolute atomic E-state index is 0.0336. The van der Waals surface area contributed by atoms with Crippen molar-refractivity contribution in [3.63, 3.8) is 0 Å². The van der Waals surface area contributed by atoms with Gasteiger partial charge in [0.05, 0.1) is 17.4 Å². The zero-order valence-electron chi connectivity index (χ0n) is 21.5. The molecule has 0 radical (unpaired) electrons. The van der Waals surface area contributed by atoms with E-state index in [-0.39, 0.29) is 30.9 Å². The lowest BCUT2D eigenvalue weighted by molar-refractivity contribution is -0.137. The maximum Gasteiger partial charge on any atom is 0.421 e. The van der Waals surface area contributed by atoms with E-state index < -0.39 is 23.4 Å². The summed E-state index contributed by atoms with van der Waals surface area (Å²) in [6.45, 7) is 7.77. The average molecular weight is 523 g/mol. The van der Waals surface area contributed by atoms with Gasteiger partial charge in [0, 0.05) is 31.7 Å². The Labute approximate surface area is 213 Å². The second-order valence-corrected chi connectivity index (χ2v) is 9.98. The number of halogens is 3. The summed E-state index contributed by atoms with van der Waals surface area (Å²) < 4.78 is 48.0. The van der Waals surface area contributed by atoms with Gasteiger partial charge in [0.15, 0.2) is 0 Å². The fourth-order valence-electron chi connectivity index (χ4n) is 4.23. The van der Waals surface area contributed by atoms with Crippen molar-refractivity contribution in [1.82, 2.24) is 29.5 Å². The van der Waals surface area contributed by atoms with E-state index in [0.717, 1.165) is 32.1 Å². The van der Waals surface area contributed by atoms with Crippen LogP contribution in [0.2, 0.25) is 0 Å². The van der Waals surface area contributed by atoms with Crippen molar-refractivity contribution in [2.75, 3.05) is 43.9 Å². The normalized spacial score (nSPS) is 18.7. The van der Waals surface area contributed by atoms with Crippen LogP contribution in [0.15, 0.2) is 24.7 Å². The summed E-state index contributed by atoms with van der Waals surface area (Å²) in [6.07, 6.45) is 3.22. The molecule has 1 saturated heterocycles. The molecule has 2 aromatic rings. The lowest BCUT2D eigenvalue weighted by Gasteiger charge is -2.31. The topological polar surface area (TPSA) is 100 Å². The number of alkyl halides is 3. The molecule has 2 N–H and O–H groups in total. The number of amides is 1. The van der Waals surface area contributed by atoms with Gasteiger partial charge >= 0.3 is 12.3 Å². The van der Waals surface area contributed by atoms with E-state index in [1.165, 1.54) is 4.90 Å². The number of likely N-dealkylation sites (tertiary alicyclic amines) is 1. The van der Waals surface area contributed by atoms with Crippen LogP contribution < -0.4 is 10.6 Å². The molecule has 0 unspecified atom stereocenters. The molecule has 2 aliphatic heterocycles. The summed E-state index contributed by atoms with van der Waals surface area (Å²) in [5.41, 5.74) is -0.292. The lowest BCUT2D eigenvalue weighted by Crippen LogP contribution is -2.39. The Morgan fingerprint density at radius 2 is 1.97 bits per heavy atom. The number of hydrogen-bond acceptors (Lipinski definition) is 8. The molecule has 10 nitrogen and oxygen atoms in total. The molecule has 4 rings (SSSR count). The second-order valence-electron chi connectivity index (χ2n) is 9.98. The highest BCUT2D eigenvalue weighted by molar-refractivity contribution is 5.70. The van der Waals surface area contributed by atoms with E-state index in [9.17, 15) is 18.0 Å². The number of aryl methyl sites for hydroxylation is 1. The Hall–Kier alpha value is -3.35. The Bertz CT molecular complexity index is 1140. The van der Waals surface area contributed by atoms with Crippen molar-refractivity contribution in [1.29, 1.82) is 0 Å². The zero-order valence-corrected chi connectivity index (χ0v) is 21.5. The first-order valence-corrected chi connectivity index (χ1v) is 12.3. The molecule has 202 valence electrons. The number of carbonyl (C=O) groups excluding carboxylic acids is 1.